The van der Waals surface area contributed by atoms with Crippen LogP contribution in [0, 0.1) is 6.92 Å². The van der Waals surface area contributed by atoms with Crippen LogP contribution in [0.4, 0.5) is 0 Å². The van der Waals surface area contributed by atoms with E-state index in [9.17, 15) is 14.4 Å². The molecular weight excluding hydrogens is 386 g/mol. The quantitative estimate of drug-likeness (QED) is 0.274. The molecule has 1 heterocycles. The number of amides is 2. The van der Waals surface area contributed by atoms with Gasteiger partial charge in [0.25, 0.3) is 11.8 Å². The number of esters is 1. The number of nitrogens with zero attached hydrogens (tertiary/aromatic N) is 1. The summed E-state index contributed by atoms with van der Waals surface area (Å²) in [6, 6.07) is 16.5. The third-order valence-corrected chi connectivity index (χ3v) is 6.05. The zero-order valence-corrected chi connectivity index (χ0v) is 16.9. The Morgan fingerprint density at radius 2 is 1.69 bits per heavy atom. The van der Waals surface area contributed by atoms with Crippen molar-refractivity contribution < 1.29 is 19.1 Å². The molecule has 0 N–H and O–H groups in total. The monoisotopic (exact) mass is 405 g/mol. The second-order valence-corrected chi connectivity index (χ2v) is 7.94. The van der Waals surface area contributed by atoms with Gasteiger partial charge in [0, 0.05) is 34.2 Å². The summed E-state index contributed by atoms with van der Waals surface area (Å²) in [7, 11) is 1.50. The summed E-state index contributed by atoms with van der Waals surface area (Å²) >= 11 is 1.53. The lowest BCUT2D eigenvalue weighted by atomic mass is 9.94. The Morgan fingerprint density at radius 1 is 0.966 bits per heavy atom. The molecule has 1 aliphatic rings. The summed E-state index contributed by atoms with van der Waals surface area (Å²) in [6.45, 7) is 2.14. The zero-order valence-electron chi connectivity index (χ0n) is 16.1. The third-order valence-electron chi connectivity index (χ3n) is 5.01. The standard InChI is InChI=1S/C23H19NO4S/c1-14-6-3-4-7-15(14)23(27)28-12-13-29-19-11-10-18-20-16(19)8-5-9-17(20)21(25)24(2)22(18)26/h3-11H,12-13H2,1-2H3. The summed E-state index contributed by atoms with van der Waals surface area (Å²) < 4.78 is 5.40. The molecule has 6 heteroatoms. The fourth-order valence-electron chi connectivity index (χ4n) is 3.48. The van der Waals surface area contributed by atoms with Gasteiger partial charge in [0.05, 0.1) is 5.56 Å². The summed E-state index contributed by atoms with van der Waals surface area (Å²) in [6.07, 6.45) is 0. The molecule has 0 fully saturated rings. The van der Waals surface area contributed by atoms with Crippen LogP contribution in [0.25, 0.3) is 10.8 Å². The number of aryl methyl sites for hydroxylation is 1. The van der Waals surface area contributed by atoms with Crippen LogP contribution in [0.1, 0.15) is 36.6 Å². The topological polar surface area (TPSA) is 63.7 Å². The van der Waals surface area contributed by atoms with Crippen LogP contribution in [0.2, 0.25) is 0 Å². The van der Waals surface area contributed by atoms with Crippen molar-refractivity contribution in [3.8, 4) is 0 Å². The molecule has 1 aliphatic heterocycles. The van der Waals surface area contributed by atoms with Gasteiger partial charge in [-0.15, -0.1) is 11.8 Å². The molecule has 0 aliphatic carbocycles. The largest absolute Gasteiger partial charge is 0.461 e. The molecular formula is C23H19NO4S. The minimum absolute atomic E-state index is 0.265. The molecule has 0 saturated heterocycles. The number of hydrogen-bond donors (Lipinski definition) is 0. The van der Waals surface area contributed by atoms with Crippen molar-refractivity contribution in [1.82, 2.24) is 4.90 Å². The minimum atomic E-state index is -0.333. The highest BCUT2D eigenvalue weighted by Crippen LogP contribution is 2.35. The van der Waals surface area contributed by atoms with Gasteiger partial charge >= 0.3 is 5.97 Å². The number of benzene rings is 3. The highest BCUT2D eigenvalue weighted by molar-refractivity contribution is 7.99. The Kier molecular flexibility index (Phi) is 5.11. The molecule has 3 aromatic carbocycles. The molecule has 29 heavy (non-hydrogen) atoms. The number of hydrogen-bond acceptors (Lipinski definition) is 5. The van der Waals surface area contributed by atoms with Crippen molar-refractivity contribution in [1.29, 1.82) is 0 Å². The molecule has 0 unspecified atom stereocenters. The van der Waals surface area contributed by atoms with Gasteiger partial charge in [0.1, 0.15) is 6.61 Å². The molecule has 0 spiro atoms. The van der Waals surface area contributed by atoms with E-state index in [2.05, 4.69) is 0 Å². The first kappa shape index (κ1) is 19.2. The van der Waals surface area contributed by atoms with Crippen molar-refractivity contribution in [2.45, 2.75) is 11.8 Å². The number of rotatable bonds is 5. The van der Waals surface area contributed by atoms with Crippen molar-refractivity contribution in [3.05, 3.63) is 76.9 Å². The first-order valence-corrected chi connectivity index (χ1v) is 10.2. The first-order chi connectivity index (χ1) is 14.0. The number of ether oxygens (including phenoxy) is 1. The van der Waals surface area contributed by atoms with E-state index in [1.807, 2.05) is 43.3 Å². The van der Waals surface area contributed by atoms with Gasteiger partial charge in [-0.25, -0.2) is 4.79 Å². The molecule has 0 atom stereocenters. The lowest BCUT2D eigenvalue weighted by molar-refractivity contribution is 0.0528. The highest BCUT2D eigenvalue weighted by atomic mass is 32.2. The van der Waals surface area contributed by atoms with Crippen LogP contribution in [0.15, 0.2) is 59.5 Å². The van der Waals surface area contributed by atoms with E-state index in [0.717, 1.165) is 20.7 Å². The number of thioether (sulfide) groups is 1. The van der Waals surface area contributed by atoms with Crippen LogP contribution in [-0.2, 0) is 4.74 Å². The van der Waals surface area contributed by atoms with Crippen LogP contribution in [-0.4, -0.2) is 42.1 Å². The van der Waals surface area contributed by atoms with Crippen molar-refractivity contribution in [2.24, 2.45) is 0 Å². The Morgan fingerprint density at radius 3 is 2.45 bits per heavy atom. The number of imide groups is 1. The molecule has 0 saturated carbocycles. The predicted octanol–water partition coefficient (Wildman–Crippen LogP) is 4.32. The number of carbonyl (C=O) groups is 3. The van der Waals surface area contributed by atoms with Gasteiger partial charge < -0.3 is 4.74 Å². The summed E-state index contributed by atoms with van der Waals surface area (Å²) in [4.78, 5) is 39.2. The second-order valence-electron chi connectivity index (χ2n) is 6.81. The predicted molar refractivity (Wildman–Crippen MR) is 113 cm³/mol. The van der Waals surface area contributed by atoms with E-state index < -0.39 is 0 Å². The normalized spacial score (nSPS) is 13.1. The van der Waals surface area contributed by atoms with Crippen molar-refractivity contribution in [2.75, 3.05) is 19.4 Å². The van der Waals surface area contributed by atoms with Gasteiger partial charge in [0.15, 0.2) is 0 Å². The lowest BCUT2D eigenvalue weighted by Crippen LogP contribution is -2.36. The Bertz CT molecular complexity index is 1130. The van der Waals surface area contributed by atoms with Crippen LogP contribution >= 0.6 is 11.8 Å². The molecule has 0 radical (unpaired) electrons. The number of carbonyl (C=O) groups excluding carboxylic acids is 3. The lowest BCUT2D eigenvalue weighted by Gasteiger charge is -2.24. The molecule has 0 aromatic heterocycles. The maximum atomic E-state index is 12.5. The minimum Gasteiger partial charge on any atom is -0.461 e. The molecule has 2 amide bonds. The SMILES string of the molecule is Cc1ccccc1C(=O)OCCSc1ccc2c3c(cccc13)C(=O)N(C)C2=O. The van der Waals surface area contributed by atoms with E-state index in [4.69, 9.17) is 4.74 Å². The molecule has 146 valence electrons. The summed E-state index contributed by atoms with van der Waals surface area (Å²) in [5, 5.41) is 1.56. The van der Waals surface area contributed by atoms with E-state index in [1.165, 1.54) is 18.8 Å². The molecule has 4 rings (SSSR count). The summed E-state index contributed by atoms with van der Waals surface area (Å²) in [5.74, 6) is -0.345. The molecule has 5 nitrogen and oxygen atoms in total. The molecule has 3 aromatic rings. The van der Waals surface area contributed by atoms with Crippen LogP contribution in [0.5, 0.6) is 0 Å². The van der Waals surface area contributed by atoms with E-state index in [-0.39, 0.29) is 24.4 Å². The smallest absolute Gasteiger partial charge is 0.338 e. The average molecular weight is 405 g/mol. The van der Waals surface area contributed by atoms with E-state index in [1.54, 1.807) is 18.2 Å². The maximum absolute atomic E-state index is 12.5. The zero-order chi connectivity index (χ0) is 20.5. The maximum Gasteiger partial charge on any atom is 0.338 e. The first-order valence-electron chi connectivity index (χ1n) is 9.22. The highest BCUT2D eigenvalue weighted by Gasteiger charge is 2.30. The van der Waals surface area contributed by atoms with Crippen molar-refractivity contribution >= 4 is 40.3 Å². The Hall–Kier alpha value is -3.12. The summed E-state index contributed by atoms with van der Waals surface area (Å²) in [5.41, 5.74) is 2.52. The van der Waals surface area contributed by atoms with Gasteiger partial charge in [-0.3, -0.25) is 14.5 Å². The second kappa shape index (κ2) is 7.72. The fourth-order valence-corrected chi connectivity index (χ4v) is 4.36. The van der Waals surface area contributed by atoms with E-state index >= 15 is 0 Å². The average Bonchev–Trinajstić information content (AvgIpc) is 2.74. The van der Waals surface area contributed by atoms with Gasteiger partial charge in [-0.1, -0.05) is 30.3 Å². The molecule has 0 bridgehead atoms. The Balaban J connectivity index is 1.51. The van der Waals surface area contributed by atoms with Gasteiger partial charge in [-0.2, -0.15) is 0 Å². The van der Waals surface area contributed by atoms with Crippen LogP contribution in [0.3, 0.4) is 0 Å². The van der Waals surface area contributed by atoms with Gasteiger partial charge in [-0.05, 0) is 42.1 Å². The van der Waals surface area contributed by atoms with E-state index in [0.29, 0.717) is 27.8 Å². The fraction of sp³-hybridized carbons (Fsp3) is 0.174. The Labute approximate surface area is 172 Å². The van der Waals surface area contributed by atoms with Crippen LogP contribution < -0.4 is 0 Å². The van der Waals surface area contributed by atoms with Crippen molar-refractivity contribution in [3.63, 3.8) is 0 Å². The van der Waals surface area contributed by atoms with Gasteiger partial charge in [0.2, 0.25) is 0 Å². The third kappa shape index (κ3) is 3.40.